The first-order valence-electron chi connectivity index (χ1n) is 22.2. The average molecular weight is 835 g/mol. The molecule has 0 aliphatic carbocycles. The fraction of sp³-hybridized carbons (Fsp3) is 0.0492. The molecule has 0 saturated carbocycles. The lowest BCUT2D eigenvalue weighted by Crippen LogP contribution is -2.09. The van der Waals surface area contributed by atoms with Gasteiger partial charge in [0, 0.05) is 50.2 Å². The maximum Gasteiger partial charge on any atom is 0.160 e. The highest BCUT2D eigenvalue weighted by molar-refractivity contribution is 6.10. The van der Waals surface area contributed by atoms with Gasteiger partial charge in [0.25, 0.3) is 0 Å². The number of fused-ring (bicyclic) bond motifs is 3. The van der Waals surface area contributed by atoms with Crippen molar-refractivity contribution >= 4 is 38.9 Å². The molecule has 0 aliphatic heterocycles. The Labute approximate surface area is 380 Å². The van der Waals surface area contributed by atoms with Crippen molar-refractivity contribution < 1.29 is 0 Å². The molecule has 4 heteroatoms. The van der Waals surface area contributed by atoms with Gasteiger partial charge in [0.15, 0.2) is 5.82 Å². The first-order chi connectivity index (χ1) is 31.9. The Hall–Kier alpha value is -8.34. The van der Waals surface area contributed by atoms with Gasteiger partial charge in [-0.3, -0.25) is 0 Å². The van der Waals surface area contributed by atoms with Crippen molar-refractivity contribution in [3.63, 3.8) is 0 Å². The standard InChI is InChI=1S/C61H46N4/c1-41-18-22-47(23-19-41)57-40-58(63-61(62-57)49-24-20-42(2)21-25-49)48-32-28-45(29-33-48)44-26-30-46(31-27-44)54-36-34-52(38-43(54)3)65-59-17-11-10-16-55(59)56-39-53(35-37-60(56)65)64(50-12-6-4-7-13-50)51-14-8-5-9-15-51/h4-40H,1-3H3. The lowest BCUT2D eigenvalue weighted by molar-refractivity contribution is 1.17. The second-order valence-electron chi connectivity index (χ2n) is 16.9. The Balaban J connectivity index is 0.885. The third-order valence-electron chi connectivity index (χ3n) is 12.5. The summed E-state index contributed by atoms with van der Waals surface area (Å²) in [5.74, 6) is 0.722. The molecule has 0 fully saturated rings. The molecule has 0 saturated heterocycles. The van der Waals surface area contributed by atoms with Crippen molar-refractivity contribution in [3.8, 4) is 61.8 Å². The molecular formula is C61H46N4. The van der Waals surface area contributed by atoms with Gasteiger partial charge in [-0.2, -0.15) is 0 Å². The van der Waals surface area contributed by atoms with E-state index >= 15 is 0 Å². The summed E-state index contributed by atoms with van der Waals surface area (Å²) >= 11 is 0. The zero-order valence-electron chi connectivity index (χ0n) is 36.7. The van der Waals surface area contributed by atoms with Gasteiger partial charge < -0.3 is 9.47 Å². The van der Waals surface area contributed by atoms with Crippen LogP contribution in [0.1, 0.15) is 16.7 Å². The van der Waals surface area contributed by atoms with Crippen molar-refractivity contribution in [1.82, 2.24) is 14.5 Å². The molecule has 0 radical (unpaired) electrons. The highest BCUT2D eigenvalue weighted by Crippen LogP contribution is 2.40. The first kappa shape index (κ1) is 39.5. The lowest BCUT2D eigenvalue weighted by Gasteiger charge is -2.25. The highest BCUT2D eigenvalue weighted by atomic mass is 15.1. The molecule has 0 spiro atoms. The maximum atomic E-state index is 5.07. The summed E-state index contributed by atoms with van der Waals surface area (Å²) in [6, 6.07) is 80.4. The third-order valence-corrected chi connectivity index (χ3v) is 12.5. The van der Waals surface area contributed by atoms with Crippen molar-refractivity contribution in [2.24, 2.45) is 0 Å². The zero-order chi connectivity index (χ0) is 43.9. The Morgan fingerprint density at radius 1 is 0.354 bits per heavy atom. The van der Waals surface area contributed by atoms with Crippen LogP contribution in [0.4, 0.5) is 17.1 Å². The van der Waals surface area contributed by atoms with Crippen LogP contribution in [0.5, 0.6) is 0 Å². The number of hydrogen-bond donors (Lipinski definition) is 0. The van der Waals surface area contributed by atoms with Crippen molar-refractivity contribution in [3.05, 3.63) is 241 Å². The van der Waals surface area contributed by atoms with Crippen LogP contribution in [0.25, 0.3) is 83.6 Å². The molecule has 0 N–H and O–H groups in total. The fourth-order valence-electron chi connectivity index (χ4n) is 9.07. The Morgan fingerprint density at radius 3 is 1.43 bits per heavy atom. The van der Waals surface area contributed by atoms with Gasteiger partial charge in [-0.25, -0.2) is 9.97 Å². The van der Waals surface area contributed by atoms with Gasteiger partial charge in [-0.15, -0.1) is 0 Å². The SMILES string of the molecule is Cc1ccc(-c2cc(-c3ccc(-c4ccc(-c5ccc(-n6c7ccccc7c7cc(N(c8ccccc8)c8ccccc8)ccc76)cc5C)cc4)cc3)nc(-c3ccc(C)cc3)n2)cc1. The number of para-hydroxylation sites is 3. The molecule has 2 heterocycles. The summed E-state index contributed by atoms with van der Waals surface area (Å²) in [5, 5.41) is 2.45. The van der Waals surface area contributed by atoms with Gasteiger partial charge in [-0.1, -0.05) is 169 Å². The number of rotatable bonds is 9. The zero-order valence-corrected chi connectivity index (χ0v) is 36.7. The number of aryl methyl sites for hydroxylation is 3. The third kappa shape index (κ3) is 7.66. The van der Waals surface area contributed by atoms with Crippen LogP contribution in [0.15, 0.2) is 224 Å². The second-order valence-corrected chi connectivity index (χ2v) is 16.9. The Kier molecular flexibility index (Phi) is 10.2. The van der Waals surface area contributed by atoms with E-state index in [9.17, 15) is 0 Å². The number of nitrogens with zero attached hydrogens (tertiary/aromatic N) is 4. The van der Waals surface area contributed by atoms with Gasteiger partial charge in [-0.05, 0) is 115 Å². The molecule has 0 aliphatic rings. The van der Waals surface area contributed by atoms with Gasteiger partial charge in [0.1, 0.15) is 0 Å². The summed E-state index contributed by atoms with van der Waals surface area (Å²) in [5.41, 5.74) is 20.2. The minimum atomic E-state index is 0.722. The molecule has 9 aromatic carbocycles. The molecule has 65 heavy (non-hydrogen) atoms. The number of hydrogen-bond acceptors (Lipinski definition) is 3. The Morgan fingerprint density at radius 2 is 0.846 bits per heavy atom. The molecule has 310 valence electrons. The van der Waals surface area contributed by atoms with Crippen LogP contribution in [-0.4, -0.2) is 14.5 Å². The van der Waals surface area contributed by atoms with Crippen LogP contribution in [0.3, 0.4) is 0 Å². The van der Waals surface area contributed by atoms with Crippen molar-refractivity contribution in [2.45, 2.75) is 20.8 Å². The number of anilines is 3. The molecule has 2 aromatic heterocycles. The Bertz CT molecular complexity index is 3360. The van der Waals surface area contributed by atoms with Gasteiger partial charge >= 0.3 is 0 Å². The summed E-state index contributed by atoms with van der Waals surface area (Å²) in [7, 11) is 0. The van der Waals surface area contributed by atoms with E-state index in [0.717, 1.165) is 62.2 Å². The number of aromatic nitrogens is 3. The number of benzene rings is 9. The van der Waals surface area contributed by atoms with Crippen molar-refractivity contribution in [1.29, 1.82) is 0 Å². The normalized spacial score (nSPS) is 11.3. The molecule has 11 aromatic rings. The van der Waals surface area contributed by atoms with E-state index in [0.29, 0.717) is 0 Å². The van der Waals surface area contributed by atoms with E-state index in [1.54, 1.807) is 0 Å². The van der Waals surface area contributed by atoms with Crippen molar-refractivity contribution in [2.75, 3.05) is 4.90 Å². The predicted molar refractivity (Wildman–Crippen MR) is 272 cm³/mol. The quantitative estimate of drug-likeness (QED) is 0.145. The van der Waals surface area contributed by atoms with E-state index in [4.69, 9.17) is 9.97 Å². The largest absolute Gasteiger partial charge is 0.310 e. The summed E-state index contributed by atoms with van der Waals surface area (Å²) in [4.78, 5) is 12.4. The fourth-order valence-corrected chi connectivity index (χ4v) is 9.07. The topological polar surface area (TPSA) is 34.0 Å². The smallest absolute Gasteiger partial charge is 0.160 e. The maximum absolute atomic E-state index is 5.07. The highest BCUT2D eigenvalue weighted by Gasteiger charge is 2.18. The van der Waals surface area contributed by atoms with E-state index in [1.807, 2.05) is 0 Å². The summed E-state index contributed by atoms with van der Waals surface area (Å²) < 4.78 is 2.40. The second kappa shape index (κ2) is 16.7. The van der Waals surface area contributed by atoms with Crippen LogP contribution in [0, 0.1) is 20.8 Å². The molecule has 0 bridgehead atoms. The molecule has 0 atom stereocenters. The molecular weight excluding hydrogens is 789 g/mol. The van der Waals surface area contributed by atoms with Gasteiger partial charge in [0.2, 0.25) is 0 Å². The first-order valence-corrected chi connectivity index (χ1v) is 22.2. The minimum absolute atomic E-state index is 0.722. The summed E-state index contributed by atoms with van der Waals surface area (Å²) in [6.07, 6.45) is 0. The van der Waals surface area contributed by atoms with Crippen LogP contribution < -0.4 is 4.90 Å². The molecule has 11 rings (SSSR count). The lowest BCUT2D eigenvalue weighted by atomic mass is 9.96. The van der Waals surface area contributed by atoms with Crippen LogP contribution in [0.2, 0.25) is 0 Å². The summed E-state index contributed by atoms with van der Waals surface area (Å²) in [6.45, 7) is 6.42. The van der Waals surface area contributed by atoms with E-state index in [2.05, 4.69) is 255 Å². The van der Waals surface area contributed by atoms with E-state index in [1.165, 1.54) is 55.2 Å². The minimum Gasteiger partial charge on any atom is -0.310 e. The average Bonchev–Trinajstić information content (AvgIpc) is 3.69. The van der Waals surface area contributed by atoms with Crippen LogP contribution in [-0.2, 0) is 0 Å². The van der Waals surface area contributed by atoms with Crippen LogP contribution >= 0.6 is 0 Å². The van der Waals surface area contributed by atoms with E-state index in [-0.39, 0.29) is 0 Å². The monoisotopic (exact) mass is 834 g/mol. The predicted octanol–water partition coefficient (Wildman–Crippen LogP) is 16.3. The van der Waals surface area contributed by atoms with E-state index < -0.39 is 0 Å². The molecule has 4 nitrogen and oxygen atoms in total. The van der Waals surface area contributed by atoms with Gasteiger partial charge in [0.05, 0.1) is 22.4 Å². The molecule has 0 amide bonds. The molecule has 0 unspecified atom stereocenters.